The molecule has 3 aromatic rings. The van der Waals surface area contributed by atoms with E-state index in [2.05, 4.69) is 5.32 Å². The van der Waals surface area contributed by atoms with E-state index in [9.17, 15) is 14.7 Å². The van der Waals surface area contributed by atoms with Crippen molar-refractivity contribution in [2.75, 3.05) is 26.9 Å². The fourth-order valence-electron chi connectivity index (χ4n) is 3.83. The summed E-state index contributed by atoms with van der Waals surface area (Å²) < 4.78 is 22.3. The van der Waals surface area contributed by atoms with Crippen LogP contribution in [0.1, 0.15) is 23.8 Å². The third kappa shape index (κ3) is 5.75. The summed E-state index contributed by atoms with van der Waals surface area (Å²) in [5.41, 5.74) is 0.867. The Morgan fingerprint density at radius 2 is 1.89 bits per heavy atom. The Bertz CT molecular complexity index is 1110. The second-order valence-corrected chi connectivity index (χ2v) is 7.96. The van der Waals surface area contributed by atoms with Gasteiger partial charge in [-0.15, -0.1) is 0 Å². The Hall–Kier alpha value is -3.98. The lowest BCUT2D eigenvalue weighted by molar-refractivity contribution is -0.149. The van der Waals surface area contributed by atoms with Crippen molar-refractivity contribution in [3.05, 3.63) is 78.3 Å². The van der Waals surface area contributed by atoms with Crippen molar-refractivity contribution in [1.29, 1.82) is 0 Å². The summed E-state index contributed by atoms with van der Waals surface area (Å²) in [4.78, 5) is 28.4. The van der Waals surface area contributed by atoms with Crippen molar-refractivity contribution < 1.29 is 33.3 Å². The van der Waals surface area contributed by atoms with Gasteiger partial charge in [0.15, 0.2) is 17.5 Å². The molecule has 0 aliphatic carbocycles. The van der Waals surface area contributed by atoms with Gasteiger partial charge in [0.25, 0.3) is 11.8 Å². The van der Waals surface area contributed by atoms with Gasteiger partial charge in [0.2, 0.25) is 6.10 Å². The van der Waals surface area contributed by atoms with Crippen LogP contribution in [0, 0.1) is 0 Å². The molecule has 1 aliphatic heterocycles. The minimum atomic E-state index is -1.05. The number of para-hydroxylation sites is 2. The second kappa shape index (κ2) is 11.4. The van der Waals surface area contributed by atoms with Crippen LogP contribution >= 0.6 is 0 Å². The number of methoxy groups -OCH3 is 1. The Morgan fingerprint density at radius 3 is 2.57 bits per heavy atom. The summed E-state index contributed by atoms with van der Waals surface area (Å²) in [7, 11) is 1.59. The van der Waals surface area contributed by atoms with Gasteiger partial charge in [-0.2, -0.15) is 0 Å². The van der Waals surface area contributed by atoms with Crippen molar-refractivity contribution in [2.45, 2.75) is 25.1 Å². The topological polar surface area (TPSA) is 110 Å². The van der Waals surface area contributed by atoms with Crippen molar-refractivity contribution in [2.24, 2.45) is 0 Å². The van der Waals surface area contributed by atoms with Crippen molar-refractivity contribution in [3.63, 3.8) is 0 Å². The van der Waals surface area contributed by atoms with Gasteiger partial charge < -0.3 is 34.0 Å². The van der Waals surface area contributed by atoms with Gasteiger partial charge in [-0.25, -0.2) is 0 Å². The lowest BCUT2D eigenvalue weighted by Gasteiger charge is -2.34. The van der Waals surface area contributed by atoms with Gasteiger partial charge in [0, 0.05) is 19.7 Å². The third-order valence-corrected chi connectivity index (χ3v) is 5.62. The quantitative estimate of drug-likeness (QED) is 0.459. The maximum absolute atomic E-state index is 13.6. The highest BCUT2D eigenvalue weighted by Gasteiger charge is 2.39. The van der Waals surface area contributed by atoms with E-state index in [0.717, 1.165) is 5.56 Å². The first-order valence-electron chi connectivity index (χ1n) is 11.3. The van der Waals surface area contributed by atoms with Crippen LogP contribution in [0.4, 0.5) is 0 Å². The molecular weight excluding hydrogens is 452 g/mol. The predicted octanol–water partition coefficient (Wildman–Crippen LogP) is 2.70. The highest BCUT2D eigenvalue weighted by atomic mass is 16.6. The molecule has 2 N–H and O–H groups in total. The molecule has 1 aromatic heterocycles. The zero-order chi connectivity index (χ0) is 24.6. The molecule has 0 spiro atoms. The first-order valence-corrected chi connectivity index (χ1v) is 11.3. The number of furan rings is 1. The average Bonchev–Trinajstić information content (AvgIpc) is 3.43. The molecule has 184 valence electrons. The number of hydrogen-bond acceptors (Lipinski definition) is 7. The van der Waals surface area contributed by atoms with Gasteiger partial charge >= 0.3 is 0 Å². The monoisotopic (exact) mass is 480 g/mol. The van der Waals surface area contributed by atoms with Crippen LogP contribution < -0.4 is 19.5 Å². The SMILES string of the molecule is COc1ccc(CNC(=O)[C@@H](c2ccco2)N(CCCO)C(=O)[C@H]2COc3ccccc3O2)cc1. The normalized spacial score (nSPS) is 15.2. The van der Waals surface area contributed by atoms with Gasteiger partial charge in [0.05, 0.1) is 13.4 Å². The molecule has 2 aromatic carbocycles. The van der Waals surface area contributed by atoms with Crippen molar-refractivity contribution >= 4 is 11.8 Å². The maximum Gasteiger partial charge on any atom is 0.268 e. The number of hydrogen-bond donors (Lipinski definition) is 2. The number of nitrogens with one attached hydrogen (secondary N) is 1. The third-order valence-electron chi connectivity index (χ3n) is 5.62. The van der Waals surface area contributed by atoms with Crippen LogP contribution in [0.2, 0.25) is 0 Å². The summed E-state index contributed by atoms with van der Waals surface area (Å²) in [6.07, 6.45) is 0.777. The minimum absolute atomic E-state index is 0.00378. The van der Waals surface area contributed by atoms with Crippen LogP contribution in [0.15, 0.2) is 71.3 Å². The number of aliphatic hydroxyl groups is 1. The van der Waals surface area contributed by atoms with Crippen molar-refractivity contribution in [3.8, 4) is 17.2 Å². The Balaban J connectivity index is 1.55. The van der Waals surface area contributed by atoms with E-state index >= 15 is 0 Å². The van der Waals surface area contributed by atoms with Crippen LogP contribution in [0.5, 0.6) is 17.2 Å². The molecule has 0 fully saturated rings. The first-order chi connectivity index (χ1) is 17.1. The molecule has 0 unspecified atom stereocenters. The zero-order valence-corrected chi connectivity index (χ0v) is 19.4. The van der Waals surface area contributed by atoms with Crippen LogP contribution in [-0.2, 0) is 16.1 Å². The zero-order valence-electron chi connectivity index (χ0n) is 19.4. The first kappa shape index (κ1) is 24.2. The summed E-state index contributed by atoms with van der Waals surface area (Å²) in [5.74, 6) is 1.18. The van der Waals surface area contributed by atoms with E-state index in [1.807, 2.05) is 18.2 Å². The number of benzene rings is 2. The van der Waals surface area contributed by atoms with E-state index in [1.165, 1.54) is 11.2 Å². The molecule has 2 heterocycles. The lowest BCUT2D eigenvalue weighted by Crippen LogP contribution is -2.51. The number of carbonyl (C=O) groups is 2. The molecule has 0 saturated carbocycles. The smallest absolute Gasteiger partial charge is 0.268 e. The predicted molar refractivity (Wildman–Crippen MR) is 126 cm³/mol. The molecule has 9 heteroatoms. The molecule has 9 nitrogen and oxygen atoms in total. The number of ether oxygens (including phenoxy) is 3. The Labute approximate surface area is 203 Å². The number of aliphatic hydroxyl groups excluding tert-OH is 1. The van der Waals surface area contributed by atoms with Crippen LogP contribution in [0.3, 0.4) is 0 Å². The number of rotatable bonds is 10. The second-order valence-electron chi connectivity index (χ2n) is 7.96. The molecule has 35 heavy (non-hydrogen) atoms. The van der Waals surface area contributed by atoms with Crippen LogP contribution in [-0.4, -0.2) is 54.8 Å². The Morgan fingerprint density at radius 1 is 1.11 bits per heavy atom. The average molecular weight is 481 g/mol. The molecule has 0 saturated heterocycles. The molecule has 4 rings (SSSR count). The summed E-state index contributed by atoms with van der Waals surface area (Å²) in [5, 5.41) is 12.3. The largest absolute Gasteiger partial charge is 0.497 e. The van der Waals surface area contributed by atoms with Gasteiger partial charge in [-0.3, -0.25) is 9.59 Å². The number of amides is 2. The summed E-state index contributed by atoms with van der Waals surface area (Å²) in [6, 6.07) is 16.6. The highest BCUT2D eigenvalue weighted by molar-refractivity contribution is 5.90. The van der Waals surface area contributed by atoms with E-state index < -0.39 is 24.0 Å². The molecule has 0 radical (unpaired) electrons. The van der Waals surface area contributed by atoms with E-state index in [-0.39, 0.29) is 32.7 Å². The van der Waals surface area contributed by atoms with Gasteiger partial charge in [-0.1, -0.05) is 24.3 Å². The number of carbonyl (C=O) groups excluding carboxylic acids is 2. The van der Waals surface area contributed by atoms with Gasteiger partial charge in [0.1, 0.15) is 18.1 Å². The number of nitrogens with zero attached hydrogens (tertiary/aromatic N) is 1. The fourth-order valence-corrected chi connectivity index (χ4v) is 3.83. The summed E-state index contributed by atoms with van der Waals surface area (Å²) in [6.45, 7) is 0.230. The maximum atomic E-state index is 13.6. The molecule has 0 bridgehead atoms. The number of fused-ring (bicyclic) bond motifs is 1. The molecule has 2 atom stereocenters. The lowest BCUT2D eigenvalue weighted by atomic mass is 10.1. The van der Waals surface area contributed by atoms with E-state index in [0.29, 0.717) is 23.0 Å². The molecule has 1 aliphatic rings. The highest BCUT2D eigenvalue weighted by Crippen LogP contribution is 2.32. The molecule has 2 amide bonds. The fraction of sp³-hybridized carbons (Fsp3) is 0.308. The van der Waals surface area contributed by atoms with Crippen LogP contribution in [0.25, 0.3) is 0 Å². The van der Waals surface area contributed by atoms with Gasteiger partial charge in [-0.05, 0) is 48.4 Å². The summed E-state index contributed by atoms with van der Waals surface area (Å²) >= 11 is 0. The Kier molecular flexibility index (Phi) is 7.89. The van der Waals surface area contributed by atoms with E-state index in [1.54, 1.807) is 49.6 Å². The van der Waals surface area contributed by atoms with Crippen molar-refractivity contribution in [1.82, 2.24) is 10.2 Å². The minimum Gasteiger partial charge on any atom is -0.497 e. The van der Waals surface area contributed by atoms with E-state index in [4.69, 9.17) is 18.6 Å². The standard InChI is InChI=1S/C26H28N2O7/c1-32-19-11-9-18(10-12-19)16-27-25(30)24(22-8-4-15-33-22)28(13-5-14-29)26(31)23-17-34-20-6-2-3-7-21(20)35-23/h2-4,6-12,15,23-24,29H,5,13-14,16-17H2,1H3,(H,27,30)/t23-,24-/m1/s1. The molecular formula is C26H28N2O7.